The van der Waals surface area contributed by atoms with Crippen molar-refractivity contribution < 1.29 is 22.5 Å². The van der Waals surface area contributed by atoms with Crippen molar-refractivity contribution in [3.05, 3.63) is 136 Å². The van der Waals surface area contributed by atoms with Crippen LogP contribution in [0, 0.1) is 17.1 Å². The predicted octanol–water partition coefficient (Wildman–Crippen LogP) is 7.30. The third kappa shape index (κ3) is 7.83. The number of carbonyl (C=O) groups excluding carboxylic acids is 1. The van der Waals surface area contributed by atoms with Crippen LogP contribution in [0.1, 0.15) is 65.0 Å². The molecular formula is C37H33FN3O4S-. The lowest BCUT2D eigenvalue weighted by Gasteiger charge is -2.21. The van der Waals surface area contributed by atoms with Crippen LogP contribution in [-0.2, 0) is 22.9 Å². The van der Waals surface area contributed by atoms with E-state index in [0.29, 0.717) is 28.9 Å². The quantitative estimate of drug-likeness (QED) is 0.161. The van der Waals surface area contributed by atoms with Crippen molar-refractivity contribution in [2.75, 3.05) is 12.3 Å². The van der Waals surface area contributed by atoms with Crippen LogP contribution in [0.5, 0.6) is 0 Å². The molecule has 0 spiro atoms. The van der Waals surface area contributed by atoms with E-state index in [1.54, 1.807) is 30.3 Å². The number of carbonyl (C=O) groups is 1. The predicted molar refractivity (Wildman–Crippen MR) is 175 cm³/mol. The second-order valence-corrected chi connectivity index (χ2v) is 13.1. The van der Waals surface area contributed by atoms with Crippen molar-refractivity contribution in [3.63, 3.8) is 0 Å². The van der Waals surface area contributed by atoms with Gasteiger partial charge in [0.2, 0.25) is 0 Å². The summed E-state index contributed by atoms with van der Waals surface area (Å²) in [5, 5.41) is 16.2. The number of halogens is 1. The second-order valence-electron chi connectivity index (χ2n) is 12.1. The zero-order valence-corrected chi connectivity index (χ0v) is 26.6. The molecule has 234 valence electrons. The molecule has 0 radical (unpaired) electrons. The molecule has 0 fully saturated rings. The van der Waals surface area contributed by atoms with Crippen molar-refractivity contribution >= 4 is 17.0 Å². The first kappa shape index (κ1) is 32.5. The van der Waals surface area contributed by atoms with Gasteiger partial charge in [0.15, 0.2) is 5.76 Å². The fourth-order valence-corrected chi connectivity index (χ4v) is 5.50. The highest BCUT2D eigenvalue weighted by Crippen LogP contribution is 2.34. The zero-order chi connectivity index (χ0) is 32.8. The maximum atomic E-state index is 14.8. The molecule has 0 bridgehead atoms. The van der Waals surface area contributed by atoms with Crippen LogP contribution in [-0.4, -0.2) is 32.1 Å². The van der Waals surface area contributed by atoms with Gasteiger partial charge in [-0.05, 0) is 64.4 Å². The van der Waals surface area contributed by atoms with Gasteiger partial charge in [0.05, 0.1) is 17.3 Å². The van der Waals surface area contributed by atoms with Gasteiger partial charge in [-0.2, -0.15) is 5.26 Å². The average Bonchev–Trinajstić information content (AvgIpc) is 3.53. The Kier molecular flexibility index (Phi) is 9.90. The van der Waals surface area contributed by atoms with Gasteiger partial charge in [-0.15, -0.1) is 0 Å². The van der Waals surface area contributed by atoms with Gasteiger partial charge in [0.25, 0.3) is 5.91 Å². The standard InChI is InChI=1S/C37H34FN3O4S/c1-37(2,3)30-14-12-26(13-15-30)32(19-24-7-10-27(11-8-24)36(42)40-17-18-46(43)44)34-22-35(45-41-34)29-6-4-5-28(21-29)31-16-9-25(23-39)20-33(31)38/h4-16,20-22,32H,17-19H2,1-3H3,(H,40,42)(H,43,44)/p-1. The molecule has 0 saturated heterocycles. The molecule has 46 heavy (non-hydrogen) atoms. The van der Waals surface area contributed by atoms with E-state index in [0.717, 1.165) is 22.4 Å². The lowest BCUT2D eigenvalue weighted by molar-refractivity contribution is 0.0956. The van der Waals surface area contributed by atoms with E-state index in [1.165, 1.54) is 11.6 Å². The number of nitriles is 1. The molecule has 0 aliphatic heterocycles. The zero-order valence-electron chi connectivity index (χ0n) is 25.7. The molecule has 0 saturated carbocycles. The molecule has 9 heteroatoms. The van der Waals surface area contributed by atoms with Gasteiger partial charge in [-0.3, -0.25) is 9.00 Å². The number of hydrogen-bond acceptors (Lipinski definition) is 6. The summed E-state index contributed by atoms with van der Waals surface area (Å²) >= 11 is -2.22. The number of amides is 1. The number of aromatic nitrogens is 1. The van der Waals surface area contributed by atoms with E-state index in [4.69, 9.17) is 9.78 Å². The SMILES string of the molecule is CC(C)(C)c1ccc(C(Cc2ccc(C(=O)NCCS(=O)[O-])cc2)c2cc(-c3cccc(-c4ccc(C#N)cc4F)c3)on2)cc1. The van der Waals surface area contributed by atoms with Crippen molar-refractivity contribution in [1.82, 2.24) is 10.5 Å². The molecule has 1 N–H and O–H groups in total. The minimum atomic E-state index is -2.22. The molecule has 5 rings (SSSR count). The summed E-state index contributed by atoms with van der Waals surface area (Å²) in [5.74, 6) is -0.590. The Balaban J connectivity index is 1.43. The molecule has 1 amide bonds. The lowest BCUT2D eigenvalue weighted by Crippen LogP contribution is -2.27. The summed E-state index contributed by atoms with van der Waals surface area (Å²) in [4.78, 5) is 12.4. The van der Waals surface area contributed by atoms with Crippen LogP contribution in [0.4, 0.5) is 4.39 Å². The van der Waals surface area contributed by atoms with Crippen LogP contribution >= 0.6 is 0 Å². The van der Waals surface area contributed by atoms with Gasteiger partial charge in [0, 0.05) is 41.0 Å². The molecule has 2 atom stereocenters. The summed E-state index contributed by atoms with van der Waals surface area (Å²) in [5.41, 5.74) is 6.41. The van der Waals surface area contributed by atoms with Gasteiger partial charge in [-0.25, -0.2) is 4.39 Å². The molecule has 1 aromatic heterocycles. The number of benzene rings is 4. The highest BCUT2D eigenvalue weighted by atomic mass is 32.2. The number of nitrogens with zero attached hydrogens (tertiary/aromatic N) is 2. The van der Waals surface area contributed by atoms with Crippen LogP contribution in [0.2, 0.25) is 0 Å². The van der Waals surface area contributed by atoms with Crippen molar-refractivity contribution in [2.24, 2.45) is 0 Å². The van der Waals surface area contributed by atoms with E-state index >= 15 is 0 Å². The summed E-state index contributed by atoms with van der Waals surface area (Å²) in [6.45, 7) is 6.54. The molecule has 0 aliphatic rings. The third-order valence-corrected chi connectivity index (χ3v) is 8.37. The second kappa shape index (κ2) is 14.0. The van der Waals surface area contributed by atoms with Gasteiger partial charge in [0.1, 0.15) is 5.82 Å². The smallest absolute Gasteiger partial charge is 0.251 e. The number of rotatable bonds is 10. The summed E-state index contributed by atoms with van der Waals surface area (Å²) in [6, 6.07) is 31.3. The number of hydrogen-bond donors (Lipinski definition) is 1. The highest BCUT2D eigenvalue weighted by molar-refractivity contribution is 7.79. The molecule has 7 nitrogen and oxygen atoms in total. The maximum absolute atomic E-state index is 14.8. The highest BCUT2D eigenvalue weighted by Gasteiger charge is 2.22. The third-order valence-electron chi connectivity index (χ3n) is 7.83. The largest absolute Gasteiger partial charge is 0.772 e. The van der Waals surface area contributed by atoms with Crippen molar-refractivity contribution in [3.8, 4) is 28.5 Å². The molecule has 4 aromatic carbocycles. The topological polar surface area (TPSA) is 119 Å². The molecule has 5 aromatic rings. The Bertz CT molecular complexity index is 1910. The van der Waals surface area contributed by atoms with Gasteiger partial charge < -0.3 is 14.4 Å². The van der Waals surface area contributed by atoms with E-state index < -0.39 is 16.9 Å². The van der Waals surface area contributed by atoms with Gasteiger partial charge in [-0.1, -0.05) is 97.7 Å². The van der Waals surface area contributed by atoms with E-state index in [2.05, 4.69) is 55.5 Å². The lowest BCUT2D eigenvalue weighted by atomic mass is 9.83. The molecule has 0 aliphatic carbocycles. The van der Waals surface area contributed by atoms with Gasteiger partial charge >= 0.3 is 0 Å². The van der Waals surface area contributed by atoms with Crippen LogP contribution in [0.25, 0.3) is 22.5 Å². The Labute approximate surface area is 270 Å². The Morgan fingerprint density at radius 3 is 2.37 bits per heavy atom. The van der Waals surface area contributed by atoms with Crippen molar-refractivity contribution in [1.29, 1.82) is 5.26 Å². The summed E-state index contributed by atoms with van der Waals surface area (Å²) in [7, 11) is 0. The average molecular weight is 635 g/mol. The van der Waals surface area contributed by atoms with Crippen LogP contribution < -0.4 is 5.32 Å². The fraction of sp³-hybridized carbons (Fsp3) is 0.216. The number of nitrogens with one attached hydrogen (secondary N) is 1. The first-order valence-electron chi connectivity index (χ1n) is 14.8. The minimum absolute atomic E-state index is 0.00631. The monoisotopic (exact) mass is 634 g/mol. The van der Waals surface area contributed by atoms with Crippen LogP contribution in [0.3, 0.4) is 0 Å². The summed E-state index contributed by atoms with van der Waals surface area (Å²) < 4.78 is 42.2. The molecule has 1 heterocycles. The summed E-state index contributed by atoms with van der Waals surface area (Å²) in [6.07, 6.45) is 0.578. The normalized spacial score (nSPS) is 12.7. The molecular weight excluding hydrogens is 601 g/mol. The Hall–Kier alpha value is -4.91. The molecule has 2 unspecified atom stereocenters. The Morgan fingerprint density at radius 1 is 1.00 bits per heavy atom. The fourth-order valence-electron chi connectivity index (χ4n) is 5.23. The van der Waals surface area contributed by atoms with Crippen LogP contribution in [0.15, 0.2) is 102 Å². The van der Waals surface area contributed by atoms with E-state index in [1.807, 2.05) is 42.5 Å². The Morgan fingerprint density at radius 2 is 1.72 bits per heavy atom. The first-order valence-corrected chi connectivity index (χ1v) is 16.1. The van der Waals surface area contributed by atoms with E-state index in [9.17, 15) is 17.9 Å². The van der Waals surface area contributed by atoms with Crippen molar-refractivity contribution in [2.45, 2.75) is 38.5 Å². The maximum Gasteiger partial charge on any atom is 0.251 e. The first-order chi connectivity index (χ1) is 22.0. The van der Waals surface area contributed by atoms with E-state index in [-0.39, 0.29) is 35.1 Å². The minimum Gasteiger partial charge on any atom is -0.772 e.